The minimum absolute atomic E-state index is 0.264. The number of methoxy groups -OCH3 is 1. The predicted molar refractivity (Wildman–Crippen MR) is 86.9 cm³/mol. The Labute approximate surface area is 139 Å². The number of benzene rings is 1. The number of carboxylic acids is 1. The van der Waals surface area contributed by atoms with E-state index in [0.717, 1.165) is 4.47 Å². The number of carboxylic acid groups (broad SMARTS) is 1. The molecule has 8 heteroatoms. The highest BCUT2D eigenvalue weighted by Gasteiger charge is 2.32. The number of hydrogen-bond acceptors (Lipinski definition) is 3. The van der Waals surface area contributed by atoms with E-state index in [9.17, 15) is 9.59 Å². The molecule has 1 rings (SSSR count). The monoisotopic (exact) mass is 422 g/mol. The van der Waals surface area contributed by atoms with Gasteiger partial charge in [-0.2, -0.15) is 0 Å². The summed E-state index contributed by atoms with van der Waals surface area (Å²) in [6.45, 7) is 3.14. The minimum Gasteiger partial charge on any atom is -0.495 e. The van der Waals surface area contributed by atoms with Crippen molar-refractivity contribution in [3.8, 4) is 5.75 Å². The van der Waals surface area contributed by atoms with Crippen LogP contribution in [-0.2, 0) is 4.79 Å². The first kappa shape index (κ1) is 17.8. The van der Waals surface area contributed by atoms with E-state index in [0.29, 0.717) is 15.9 Å². The number of anilines is 1. The number of ether oxygens (including phenoxy) is 1. The minimum atomic E-state index is -1.32. The summed E-state index contributed by atoms with van der Waals surface area (Å²) in [7, 11) is 1.51. The van der Waals surface area contributed by atoms with Gasteiger partial charge >= 0.3 is 12.0 Å². The molecule has 3 N–H and O–H groups in total. The van der Waals surface area contributed by atoms with Crippen molar-refractivity contribution in [2.75, 3.05) is 12.4 Å². The Balaban J connectivity index is 2.91. The molecule has 0 aliphatic rings. The number of carbonyl (C=O) groups excluding carboxylic acids is 1. The summed E-state index contributed by atoms with van der Waals surface area (Å²) in [4.78, 5) is 23.1. The molecule has 0 radical (unpaired) electrons. The van der Waals surface area contributed by atoms with Gasteiger partial charge < -0.3 is 20.5 Å². The van der Waals surface area contributed by atoms with E-state index in [1.165, 1.54) is 14.0 Å². The van der Waals surface area contributed by atoms with Crippen LogP contribution in [0.15, 0.2) is 21.1 Å². The van der Waals surface area contributed by atoms with Gasteiger partial charge in [0.15, 0.2) is 0 Å². The number of amides is 2. The lowest BCUT2D eigenvalue weighted by Gasteiger charge is -2.24. The second kappa shape index (κ2) is 7.13. The summed E-state index contributed by atoms with van der Waals surface area (Å²) in [6, 6.07) is 2.74. The summed E-state index contributed by atoms with van der Waals surface area (Å²) in [5.74, 6) is -0.544. The van der Waals surface area contributed by atoms with Gasteiger partial charge in [-0.25, -0.2) is 9.59 Å². The zero-order valence-corrected chi connectivity index (χ0v) is 15.0. The highest BCUT2D eigenvalue weighted by atomic mass is 79.9. The smallest absolute Gasteiger partial charge is 0.329 e. The van der Waals surface area contributed by atoms with Crippen LogP contribution in [0.4, 0.5) is 10.5 Å². The molecule has 0 heterocycles. The van der Waals surface area contributed by atoms with E-state index in [-0.39, 0.29) is 6.42 Å². The van der Waals surface area contributed by atoms with Crippen LogP contribution in [0, 0.1) is 0 Å². The van der Waals surface area contributed by atoms with Crippen molar-refractivity contribution < 1.29 is 19.4 Å². The van der Waals surface area contributed by atoms with E-state index in [1.54, 1.807) is 19.1 Å². The number of urea groups is 1. The van der Waals surface area contributed by atoms with Gasteiger partial charge in [0.25, 0.3) is 0 Å². The van der Waals surface area contributed by atoms with E-state index in [2.05, 4.69) is 42.5 Å². The van der Waals surface area contributed by atoms with E-state index < -0.39 is 17.5 Å². The standard InChI is InChI=1S/C13H16Br2N2O4/c1-4-13(2,11(18)19)17-12(20)16-9-6-10(21-3)8(15)5-7(9)14/h5-6H,4H2,1-3H3,(H,18,19)(H2,16,17,20). The first-order chi connectivity index (χ1) is 9.73. The molecule has 6 nitrogen and oxygen atoms in total. The lowest BCUT2D eigenvalue weighted by Crippen LogP contribution is -2.53. The Morgan fingerprint density at radius 1 is 1.33 bits per heavy atom. The Kier molecular flexibility index (Phi) is 6.03. The van der Waals surface area contributed by atoms with Crippen LogP contribution >= 0.6 is 31.9 Å². The summed E-state index contributed by atoms with van der Waals surface area (Å²) in [6.07, 6.45) is 0.264. The molecule has 0 spiro atoms. The van der Waals surface area contributed by atoms with Gasteiger partial charge in [-0.05, 0) is 51.3 Å². The molecule has 0 saturated heterocycles. The van der Waals surface area contributed by atoms with Crippen LogP contribution in [0.2, 0.25) is 0 Å². The highest BCUT2D eigenvalue weighted by Crippen LogP contribution is 2.34. The van der Waals surface area contributed by atoms with Crippen molar-refractivity contribution in [1.29, 1.82) is 0 Å². The molecular formula is C13H16Br2N2O4. The molecule has 21 heavy (non-hydrogen) atoms. The number of rotatable bonds is 5. The van der Waals surface area contributed by atoms with Crippen LogP contribution in [0.3, 0.4) is 0 Å². The van der Waals surface area contributed by atoms with Crippen molar-refractivity contribution in [1.82, 2.24) is 5.32 Å². The third kappa shape index (κ3) is 4.34. The Morgan fingerprint density at radius 3 is 2.43 bits per heavy atom. The highest BCUT2D eigenvalue weighted by molar-refractivity contribution is 9.11. The normalized spacial score (nSPS) is 13.2. The maximum Gasteiger partial charge on any atom is 0.329 e. The van der Waals surface area contributed by atoms with Gasteiger partial charge in [0.1, 0.15) is 11.3 Å². The SMILES string of the molecule is CCC(C)(NC(=O)Nc1cc(OC)c(Br)cc1Br)C(=O)O. The Hall–Kier alpha value is -1.28. The topological polar surface area (TPSA) is 87.7 Å². The quantitative estimate of drug-likeness (QED) is 0.675. The van der Waals surface area contributed by atoms with Crippen molar-refractivity contribution >= 4 is 49.5 Å². The molecule has 0 fully saturated rings. The van der Waals surface area contributed by atoms with Gasteiger partial charge in [0.05, 0.1) is 17.3 Å². The lowest BCUT2D eigenvalue weighted by atomic mass is 10.00. The van der Waals surface area contributed by atoms with E-state index in [4.69, 9.17) is 9.84 Å². The predicted octanol–water partition coefficient (Wildman–Crippen LogP) is 3.60. The number of halogens is 2. The molecule has 2 amide bonds. The zero-order valence-electron chi connectivity index (χ0n) is 11.8. The first-order valence-electron chi connectivity index (χ1n) is 6.09. The molecule has 0 aliphatic carbocycles. The van der Waals surface area contributed by atoms with Crippen LogP contribution < -0.4 is 15.4 Å². The van der Waals surface area contributed by atoms with Gasteiger partial charge in [-0.1, -0.05) is 6.92 Å². The van der Waals surface area contributed by atoms with Gasteiger partial charge in [0, 0.05) is 10.5 Å². The Morgan fingerprint density at radius 2 is 1.95 bits per heavy atom. The fourth-order valence-electron chi connectivity index (χ4n) is 1.48. The molecule has 1 aromatic rings. The van der Waals surface area contributed by atoms with Crippen molar-refractivity contribution in [3.63, 3.8) is 0 Å². The first-order valence-corrected chi connectivity index (χ1v) is 7.67. The van der Waals surface area contributed by atoms with Gasteiger partial charge in [-0.15, -0.1) is 0 Å². The largest absolute Gasteiger partial charge is 0.495 e. The molecule has 0 aromatic heterocycles. The van der Waals surface area contributed by atoms with E-state index >= 15 is 0 Å². The molecule has 0 aliphatic heterocycles. The van der Waals surface area contributed by atoms with Crippen LogP contribution in [0.1, 0.15) is 20.3 Å². The van der Waals surface area contributed by atoms with Crippen LogP contribution in [0.5, 0.6) is 5.75 Å². The van der Waals surface area contributed by atoms with Crippen molar-refractivity contribution in [2.45, 2.75) is 25.8 Å². The zero-order chi connectivity index (χ0) is 16.2. The second-order valence-corrected chi connectivity index (χ2v) is 6.25. The fraction of sp³-hybridized carbons (Fsp3) is 0.385. The second-order valence-electron chi connectivity index (χ2n) is 4.54. The Bertz CT molecular complexity index is 565. The number of nitrogens with one attached hydrogen (secondary N) is 2. The molecule has 0 saturated carbocycles. The fourth-order valence-corrected chi connectivity index (χ4v) is 2.73. The average molecular weight is 424 g/mol. The summed E-state index contributed by atoms with van der Waals surface area (Å²) >= 11 is 6.65. The summed E-state index contributed by atoms with van der Waals surface area (Å²) in [5.41, 5.74) is -0.855. The molecule has 1 aromatic carbocycles. The van der Waals surface area contributed by atoms with E-state index in [1.807, 2.05) is 0 Å². The number of carbonyl (C=O) groups is 2. The average Bonchev–Trinajstić information content (AvgIpc) is 2.41. The van der Waals surface area contributed by atoms with Crippen LogP contribution in [0.25, 0.3) is 0 Å². The molecule has 1 atom stereocenters. The summed E-state index contributed by atoms with van der Waals surface area (Å²) < 4.78 is 6.52. The molecule has 0 bridgehead atoms. The van der Waals surface area contributed by atoms with Gasteiger partial charge in [-0.3, -0.25) is 0 Å². The lowest BCUT2D eigenvalue weighted by molar-refractivity contribution is -0.143. The van der Waals surface area contributed by atoms with Gasteiger partial charge in [0.2, 0.25) is 0 Å². The van der Waals surface area contributed by atoms with Crippen molar-refractivity contribution in [3.05, 3.63) is 21.1 Å². The maximum atomic E-state index is 12.0. The summed E-state index contributed by atoms with van der Waals surface area (Å²) in [5, 5.41) is 14.2. The number of hydrogen-bond donors (Lipinski definition) is 3. The molecule has 116 valence electrons. The van der Waals surface area contributed by atoms with Crippen LogP contribution in [-0.4, -0.2) is 29.8 Å². The number of aliphatic carboxylic acids is 1. The third-order valence-electron chi connectivity index (χ3n) is 3.06. The molecule has 1 unspecified atom stereocenters. The third-order valence-corrected chi connectivity index (χ3v) is 4.33. The van der Waals surface area contributed by atoms with Crippen molar-refractivity contribution in [2.24, 2.45) is 0 Å². The maximum absolute atomic E-state index is 12.0. The molecular weight excluding hydrogens is 408 g/mol.